The average molecular weight is 322 g/mol. The molecule has 0 aromatic rings. The van der Waals surface area contributed by atoms with Gasteiger partial charge in [0, 0.05) is 11.8 Å². The zero-order valence-electron chi connectivity index (χ0n) is 12.9. The van der Waals surface area contributed by atoms with E-state index in [1.807, 2.05) is 0 Å². The molecule has 2 nitrogen and oxygen atoms in total. The highest BCUT2D eigenvalue weighted by molar-refractivity contribution is 5.12. The summed E-state index contributed by atoms with van der Waals surface area (Å²) in [6, 6.07) is 0. The van der Waals surface area contributed by atoms with Crippen molar-refractivity contribution in [1.82, 2.24) is 0 Å². The van der Waals surface area contributed by atoms with Crippen molar-refractivity contribution in [1.29, 1.82) is 0 Å². The number of hydrogen-bond acceptors (Lipinski definition) is 2. The van der Waals surface area contributed by atoms with Crippen LogP contribution in [0.15, 0.2) is 0 Å². The number of rotatable bonds is 0. The van der Waals surface area contributed by atoms with Crippen LogP contribution >= 0.6 is 0 Å². The first-order valence-corrected chi connectivity index (χ1v) is 8.12. The first-order valence-electron chi connectivity index (χ1n) is 8.12. The molecule has 126 valence electrons. The molecule has 0 amide bonds. The Morgan fingerprint density at radius 2 is 1.32 bits per heavy atom. The summed E-state index contributed by atoms with van der Waals surface area (Å²) >= 11 is 0. The molecule has 4 saturated carbocycles. The maximum absolute atomic E-state index is 13.7. The van der Waals surface area contributed by atoms with E-state index in [-0.39, 0.29) is 17.3 Å². The Balaban J connectivity index is 1.72. The minimum Gasteiger partial charge on any atom is -0.343 e. The number of halogens is 4. The Bertz CT molecular complexity index is 473. The van der Waals surface area contributed by atoms with Crippen LogP contribution in [0.1, 0.15) is 39.5 Å². The van der Waals surface area contributed by atoms with Gasteiger partial charge in [-0.15, -0.1) is 0 Å². The van der Waals surface area contributed by atoms with Crippen LogP contribution in [0.25, 0.3) is 0 Å². The molecule has 4 bridgehead atoms. The van der Waals surface area contributed by atoms with Crippen molar-refractivity contribution in [3.63, 3.8) is 0 Å². The number of alkyl halides is 4. The maximum atomic E-state index is 13.7. The van der Waals surface area contributed by atoms with Gasteiger partial charge >= 0.3 is 11.8 Å². The van der Waals surface area contributed by atoms with E-state index >= 15 is 0 Å². The molecule has 4 aliphatic carbocycles. The van der Waals surface area contributed by atoms with Gasteiger partial charge in [-0.3, -0.25) is 0 Å². The van der Waals surface area contributed by atoms with Gasteiger partial charge in [0.25, 0.3) is 0 Å². The third kappa shape index (κ3) is 1.74. The first-order chi connectivity index (χ1) is 10.1. The number of ether oxygens (including phenoxy) is 2. The minimum absolute atomic E-state index is 0.0345. The summed E-state index contributed by atoms with van der Waals surface area (Å²) < 4.78 is 65.7. The summed E-state index contributed by atoms with van der Waals surface area (Å²) in [5, 5.41) is 0. The van der Waals surface area contributed by atoms with E-state index in [0.29, 0.717) is 11.8 Å². The second-order valence-electron chi connectivity index (χ2n) is 8.28. The van der Waals surface area contributed by atoms with E-state index in [9.17, 15) is 17.6 Å². The Labute approximate surface area is 127 Å². The normalized spacial score (nSPS) is 46.6. The van der Waals surface area contributed by atoms with Crippen molar-refractivity contribution in [3.05, 3.63) is 0 Å². The molecule has 4 atom stereocenters. The van der Waals surface area contributed by atoms with E-state index in [2.05, 4.69) is 13.8 Å². The molecule has 0 N–H and O–H groups in total. The van der Waals surface area contributed by atoms with Gasteiger partial charge < -0.3 is 9.47 Å². The van der Waals surface area contributed by atoms with Crippen LogP contribution in [0.3, 0.4) is 0 Å². The molecular formula is C16H22F4O2. The highest BCUT2D eigenvalue weighted by Gasteiger charge is 2.70. The molecular weight excluding hydrogens is 300 g/mol. The standard InChI is InChI=1S/C16H22F4O2/c1-13(2)10-3-9-4-11(6-10)16(12(13)5-9)21-7-14(17,18)15(19,20)8-22-16/h9-12H,3-8H2,1-2H3. The summed E-state index contributed by atoms with van der Waals surface area (Å²) in [6.07, 6.45) is 3.66. The van der Waals surface area contributed by atoms with Crippen LogP contribution in [0.5, 0.6) is 0 Å². The van der Waals surface area contributed by atoms with Gasteiger partial charge in [-0.2, -0.15) is 17.6 Å². The lowest BCUT2D eigenvalue weighted by atomic mass is 9.44. The molecule has 1 saturated heterocycles. The van der Waals surface area contributed by atoms with Crippen LogP contribution in [-0.4, -0.2) is 30.8 Å². The zero-order valence-corrected chi connectivity index (χ0v) is 12.9. The van der Waals surface area contributed by atoms with Crippen molar-refractivity contribution >= 4 is 0 Å². The van der Waals surface area contributed by atoms with Gasteiger partial charge in [0.2, 0.25) is 0 Å². The van der Waals surface area contributed by atoms with E-state index in [0.717, 1.165) is 25.7 Å². The van der Waals surface area contributed by atoms with Crippen LogP contribution in [-0.2, 0) is 9.47 Å². The van der Waals surface area contributed by atoms with E-state index in [1.165, 1.54) is 0 Å². The van der Waals surface area contributed by atoms with Crippen molar-refractivity contribution in [2.24, 2.45) is 29.1 Å². The van der Waals surface area contributed by atoms with Gasteiger partial charge in [0.15, 0.2) is 5.79 Å². The van der Waals surface area contributed by atoms with Crippen molar-refractivity contribution in [2.75, 3.05) is 13.2 Å². The highest BCUT2D eigenvalue weighted by atomic mass is 19.3. The maximum Gasteiger partial charge on any atom is 0.335 e. The molecule has 0 aromatic carbocycles. The fourth-order valence-corrected chi connectivity index (χ4v) is 5.55. The van der Waals surface area contributed by atoms with Gasteiger partial charge in [-0.05, 0) is 42.9 Å². The molecule has 5 aliphatic rings. The van der Waals surface area contributed by atoms with Crippen molar-refractivity contribution in [3.8, 4) is 0 Å². The lowest BCUT2D eigenvalue weighted by molar-refractivity contribution is -0.363. The second-order valence-corrected chi connectivity index (χ2v) is 8.28. The third-order valence-corrected chi connectivity index (χ3v) is 6.87. The van der Waals surface area contributed by atoms with E-state index < -0.39 is 30.8 Å². The molecule has 1 aliphatic heterocycles. The molecule has 4 unspecified atom stereocenters. The predicted octanol–water partition coefficient (Wildman–Crippen LogP) is 4.09. The van der Waals surface area contributed by atoms with E-state index in [1.54, 1.807) is 0 Å². The van der Waals surface area contributed by atoms with Crippen LogP contribution in [0.2, 0.25) is 0 Å². The topological polar surface area (TPSA) is 18.5 Å². The fraction of sp³-hybridized carbons (Fsp3) is 1.00. The summed E-state index contributed by atoms with van der Waals surface area (Å²) in [4.78, 5) is 0. The molecule has 1 spiro atoms. The third-order valence-electron chi connectivity index (χ3n) is 6.87. The molecule has 0 radical (unpaired) electrons. The number of hydrogen-bond donors (Lipinski definition) is 0. The van der Waals surface area contributed by atoms with Gasteiger partial charge in [-0.1, -0.05) is 13.8 Å². The summed E-state index contributed by atoms with van der Waals surface area (Å²) in [7, 11) is 0. The highest BCUT2D eigenvalue weighted by Crippen LogP contribution is 2.67. The van der Waals surface area contributed by atoms with Crippen LogP contribution < -0.4 is 0 Å². The molecule has 5 rings (SSSR count). The summed E-state index contributed by atoms with van der Waals surface area (Å²) in [5.74, 6) is -8.64. The molecule has 1 heterocycles. The average Bonchev–Trinajstić information content (AvgIpc) is 2.51. The van der Waals surface area contributed by atoms with Gasteiger partial charge in [0.05, 0.1) is 0 Å². The Morgan fingerprint density at radius 1 is 0.773 bits per heavy atom. The van der Waals surface area contributed by atoms with Gasteiger partial charge in [0.1, 0.15) is 13.2 Å². The molecule has 22 heavy (non-hydrogen) atoms. The monoisotopic (exact) mass is 322 g/mol. The lowest BCUT2D eigenvalue weighted by Gasteiger charge is -2.66. The molecule has 6 heteroatoms. The molecule has 0 aromatic heterocycles. The Kier molecular flexibility index (Phi) is 2.89. The van der Waals surface area contributed by atoms with E-state index in [4.69, 9.17) is 9.47 Å². The molecule has 5 fully saturated rings. The minimum atomic E-state index is -4.17. The quantitative estimate of drug-likeness (QED) is 0.625. The van der Waals surface area contributed by atoms with Crippen molar-refractivity contribution < 1.29 is 27.0 Å². The SMILES string of the molecule is CC1(C)C2CC3CC(C2)C2(OCC(F)(F)C(F)(F)CO2)C1C3. The lowest BCUT2D eigenvalue weighted by Crippen LogP contribution is -2.66. The Morgan fingerprint density at radius 3 is 1.91 bits per heavy atom. The zero-order chi connectivity index (χ0) is 16.0. The largest absolute Gasteiger partial charge is 0.343 e. The van der Waals surface area contributed by atoms with Crippen LogP contribution in [0, 0.1) is 29.1 Å². The first kappa shape index (κ1) is 15.2. The summed E-state index contributed by atoms with van der Waals surface area (Å²) in [5.41, 5.74) is -0.123. The predicted molar refractivity (Wildman–Crippen MR) is 70.7 cm³/mol. The van der Waals surface area contributed by atoms with Crippen LogP contribution in [0.4, 0.5) is 17.6 Å². The smallest absolute Gasteiger partial charge is 0.335 e. The van der Waals surface area contributed by atoms with Gasteiger partial charge in [-0.25, -0.2) is 0 Å². The second kappa shape index (κ2) is 4.18. The Hall–Kier alpha value is -0.360. The van der Waals surface area contributed by atoms with Crippen molar-refractivity contribution in [2.45, 2.75) is 57.2 Å². The fourth-order valence-electron chi connectivity index (χ4n) is 5.55. The summed E-state index contributed by atoms with van der Waals surface area (Å²) in [6.45, 7) is 1.71.